The van der Waals surface area contributed by atoms with Gasteiger partial charge in [-0.05, 0) is 6.42 Å². The van der Waals surface area contributed by atoms with Crippen molar-refractivity contribution in [3.63, 3.8) is 0 Å². The summed E-state index contributed by atoms with van der Waals surface area (Å²) in [7, 11) is 0. The highest BCUT2D eigenvalue weighted by molar-refractivity contribution is 5.66. The molecule has 0 aromatic rings. The lowest BCUT2D eigenvalue weighted by atomic mass is 10.1. The summed E-state index contributed by atoms with van der Waals surface area (Å²) in [4.78, 5) is 10.1. The quantitative estimate of drug-likeness (QED) is 0.583. The van der Waals surface area contributed by atoms with Crippen LogP contribution in [0.4, 0.5) is 0 Å². The van der Waals surface area contributed by atoms with Crippen LogP contribution in [0, 0.1) is 0 Å². The van der Waals surface area contributed by atoms with E-state index in [9.17, 15) is 4.79 Å². The minimum Gasteiger partial charge on any atom is -0.481 e. The predicted octanol–water partition coefficient (Wildman–Crippen LogP) is 2.82. The number of rotatable bonds is 7. The van der Waals surface area contributed by atoms with E-state index in [1.807, 2.05) is 0 Å². The molecule has 0 fully saturated rings. The molecule has 0 aliphatic carbocycles. The van der Waals surface area contributed by atoms with Gasteiger partial charge in [-0.2, -0.15) is 0 Å². The van der Waals surface area contributed by atoms with Crippen LogP contribution in [0.5, 0.6) is 0 Å². The topological polar surface area (TPSA) is 37.3 Å². The van der Waals surface area contributed by atoms with Crippen molar-refractivity contribution in [2.75, 3.05) is 0 Å². The van der Waals surface area contributed by atoms with Gasteiger partial charge in [-0.25, -0.2) is 0 Å². The fourth-order valence-electron chi connectivity index (χ4n) is 0.932. The molecule has 66 valence electrons. The molecule has 0 spiro atoms. The number of carboxylic acids is 1. The van der Waals surface area contributed by atoms with Crippen LogP contribution in [0.3, 0.4) is 0 Å². The molecule has 0 aliphatic heterocycles. The van der Waals surface area contributed by atoms with E-state index in [0.717, 1.165) is 19.3 Å². The van der Waals surface area contributed by atoms with Gasteiger partial charge in [0.25, 0.3) is 0 Å². The van der Waals surface area contributed by atoms with E-state index in [4.69, 9.17) is 9.22 Å². The Balaban J connectivity index is 3.11. The van der Waals surface area contributed by atoms with Gasteiger partial charge >= 0.3 is 5.97 Å². The normalized spacial score (nSPS) is 15.1. The molecule has 2 nitrogen and oxygen atoms in total. The van der Waals surface area contributed by atoms with E-state index in [1.165, 1.54) is 0 Å². The van der Waals surface area contributed by atoms with E-state index in [0.29, 0.717) is 12.8 Å². The Bertz CT molecular complexity index is 166. The summed E-state index contributed by atoms with van der Waals surface area (Å²) in [6, 6.07) is 0. The number of unbranched alkanes of at least 4 members (excludes halogenated alkanes) is 4. The SMILES string of the molecule is [2H]C([2H])([2H])CCCCCCCC(=O)O. The molecule has 0 unspecified atom stereocenters. The van der Waals surface area contributed by atoms with Gasteiger partial charge in [-0.15, -0.1) is 0 Å². The van der Waals surface area contributed by atoms with E-state index in [2.05, 4.69) is 0 Å². The molecule has 2 heteroatoms. The minimum absolute atomic E-state index is 0.221. The molecule has 0 amide bonds. The average Bonchev–Trinajstić information content (AvgIpc) is 2.00. The maximum absolute atomic E-state index is 10.1. The van der Waals surface area contributed by atoms with E-state index in [1.54, 1.807) is 0 Å². The van der Waals surface area contributed by atoms with Gasteiger partial charge in [0.1, 0.15) is 0 Å². The Kier molecular flexibility index (Phi) is 4.16. The third-order valence-corrected chi connectivity index (χ3v) is 1.57. The minimum atomic E-state index is -1.80. The largest absolute Gasteiger partial charge is 0.481 e. The molecule has 11 heavy (non-hydrogen) atoms. The molecule has 0 atom stereocenters. The maximum atomic E-state index is 10.1. The van der Waals surface area contributed by atoms with Crippen molar-refractivity contribution in [3.05, 3.63) is 0 Å². The van der Waals surface area contributed by atoms with Crippen LogP contribution < -0.4 is 0 Å². The van der Waals surface area contributed by atoms with Gasteiger partial charge in [0.15, 0.2) is 0 Å². The van der Waals surface area contributed by atoms with E-state index < -0.39 is 12.8 Å². The van der Waals surface area contributed by atoms with Crippen LogP contribution in [0.2, 0.25) is 0 Å². The molecular formula is C9H18O2. The van der Waals surface area contributed by atoms with Crippen molar-refractivity contribution < 1.29 is 14.0 Å². The second-order valence-electron chi connectivity index (χ2n) is 2.66. The van der Waals surface area contributed by atoms with E-state index in [-0.39, 0.29) is 12.8 Å². The third-order valence-electron chi connectivity index (χ3n) is 1.57. The van der Waals surface area contributed by atoms with Crippen molar-refractivity contribution in [1.82, 2.24) is 0 Å². The van der Waals surface area contributed by atoms with Crippen LogP contribution >= 0.6 is 0 Å². The summed E-state index contributed by atoms with van der Waals surface area (Å²) >= 11 is 0. The van der Waals surface area contributed by atoms with Crippen LogP contribution in [0.15, 0.2) is 0 Å². The fourth-order valence-corrected chi connectivity index (χ4v) is 0.932. The summed E-state index contributed by atoms with van der Waals surface area (Å²) in [5, 5.41) is 8.35. The zero-order valence-corrected chi connectivity index (χ0v) is 6.81. The summed E-state index contributed by atoms with van der Waals surface area (Å²) in [5.74, 6) is -0.757. The van der Waals surface area contributed by atoms with Gasteiger partial charge < -0.3 is 5.11 Å². The van der Waals surface area contributed by atoms with Crippen LogP contribution in [0.1, 0.15) is 55.9 Å². The lowest BCUT2D eigenvalue weighted by Crippen LogP contribution is -1.93. The third kappa shape index (κ3) is 9.47. The zero-order chi connectivity index (χ0) is 11.0. The monoisotopic (exact) mass is 161 g/mol. The van der Waals surface area contributed by atoms with Crippen LogP contribution in [0.25, 0.3) is 0 Å². The molecule has 0 saturated heterocycles. The molecule has 0 rings (SSSR count). The highest BCUT2D eigenvalue weighted by Crippen LogP contribution is 2.06. The first-order valence-electron chi connectivity index (χ1n) is 5.63. The fraction of sp³-hybridized carbons (Fsp3) is 0.889. The van der Waals surface area contributed by atoms with Crippen molar-refractivity contribution >= 4 is 5.97 Å². The first-order valence-corrected chi connectivity index (χ1v) is 4.13. The molecule has 0 bridgehead atoms. The van der Waals surface area contributed by atoms with Gasteiger partial charge in [0.05, 0.1) is 0 Å². The predicted molar refractivity (Wildman–Crippen MR) is 45.6 cm³/mol. The van der Waals surface area contributed by atoms with Crippen molar-refractivity contribution in [2.24, 2.45) is 0 Å². The molecule has 1 N–H and O–H groups in total. The second kappa shape index (κ2) is 7.58. The Morgan fingerprint density at radius 2 is 1.91 bits per heavy atom. The average molecular weight is 161 g/mol. The van der Waals surface area contributed by atoms with Gasteiger partial charge in [-0.3, -0.25) is 4.79 Å². The summed E-state index contributed by atoms with van der Waals surface area (Å²) in [5.41, 5.74) is 0. The smallest absolute Gasteiger partial charge is 0.303 e. The number of hydrogen-bond donors (Lipinski definition) is 1. The Morgan fingerprint density at radius 1 is 1.27 bits per heavy atom. The standard InChI is InChI=1S/C9H18O2/c1-2-3-4-5-6-7-8-9(10)11/h2-8H2,1H3,(H,10,11)/i1D3. The molecule has 0 heterocycles. The molecule has 0 saturated carbocycles. The van der Waals surface area contributed by atoms with E-state index >= 15 is 0 Å². The number of carboxylic acid groups (broad SMARTS) is 1. The highest BCUT2D eigenvalue weighted by Gasteiger charge is 1.95. The molecule has 0 aromatic heterocycles. The van der Waals surface area contributed by atoms with Crippen LogP contribution in [-0.4, -0.2) is 11.1 Å². The first-order chi connectivity index (χ1) is 6.42. The maximum Gasteiger partial charge on any atom is 0.303 e. The summed E-state index contributed by atoms with van der Waals surface area (Å²) in [6.45, 7) is -1.80. The second-order valence-corrected chi connectivity index (χ2v) is 2.66. The molecular weight excluding hydrogens is 140 g/mol. The van der Waals surface area contributed by atoms with Crippen LogP contribution in [-0.2, 0) is 4.79 Å². The molecule has 0 radical (unpaired) electrons. The van der Waals surface area contributed by atoms with Gasteiger partial charge in [-0.1, -0.05) is 39.0 Å². The van der Waals surface area contributed by atoms with Crippen molar-refractivity contribution in [2.45, 2.75) is 51.8 Å². The van der Waals surface area contributed by atoms with Crippen molar-refractivity contribution in [1.29, 1.82) is 0 Å². The lowest BCUT2D eigenvalue weighted by molar-refractivity contribution is -0.137. The number of hydrogen-bond acceptors (Lipinski definition) is 1. The number of carbonyl (C=O) groups is 1. The Labute approximate surface area is 72.8 Å². The van der Waals surface area contributed by atoms with Gasteiger partial charge in [0, 0.05) is 10.5 Å². The zero-order valence-electron chi connectivity index (χ0n) is 9.81. The van der Waals surface area contributed by atoms with Crippen molar-refractivity contribution in [3.8, 4) is 0 Å². The lowest BCUT2D eigenvalue weighted by Gasteiger charge is -1.97. The first kappa shape index (κ1) is 6.04. The Morgan fingerprint density at radius 3 is 2.55 bits per heavy atom. The number of aliphatic carboxylic acids is 1. The Hall–Kier alpha value is -0.530. The van der Waals surface area contributed by atoms with Gasteiger partial charge in [0.2, 0.25) is 0 Å². The molecule has 0 aromatic carbocycles. The highest BCUT2D eigenvalue weighted by atomic mass is 16.4. The summed E-state index contributed by atoms with van der Waals surface area (Å²) in [6.07, 6.45) is 4.60. The summed E-state index contributed by atoms with van der Waals surface area (Å²) < 4.78 is 20.9. The molecule has 0 aliphatic rings.